The van der Waals surface area contributed by atoms with Crippen LogP contribution in [0.4, 0.5) is 14.7 Å². The Morgan fingerprint density at radius 1 is 1.21 bits per heavy atom. The lowest BCUT2D eigenvalue weighted by Gasteiger charge is -2.26. The molecule has 1 unspecified atom stereocenters. The van der Waals surface area contributed by atoms with Gasteiger partial charge in [-0.1, -0.05) is 24.3 Å². The highest BCUT2D eigenvalue weighted by Gasteiger charge is 2.17. The Kier molecular flexibility index (Phi) is 9.74. The Labute approximate surface area is 201 Å². The van der Waals surface area contributed by atoms with E-state index in [1.54, 1.807) is 25.2 Å². The quantitative estimate of drug-likeness (QED) is 0.294. The van der Waals surface area contributed by atoms with Crippen molar-refractivity contribution in [2.45, 2.75) is 52.6 Å². The number of anilines is 1. The summed E-state index contributed by atoms with van der Waals surface area (Å²) in [4.78, 5) is 15.9. The minimum atomic E-state index is -1.02. The number of alkyl halides is 1. The van der Waals surface area contributed by atoms with E-state index in [-0.39, 0.29) is 5.83 Å². The van der Waals surface area contributed by atoms with Crippen LogP contribution in [0.5, 0.6) is 0 Å². The third-order valence-electron chi connectivity index (χ3n) is 6.02. The zero-order valence-electron chi connectivity index (χ0n) is 20.4. The molecular weight excluding hydrogens is 432 g/mol. The molecule has 7 heteroatoms. The van der Waals surface area contributed by atoms with Gasteiger partial charge in [0.05, 0.1) is 12.1 Å². The molecule has 34 heavy (non-hydrogen) atoms. The highest BCUT2D eigenvalue weighted by molar-refractivity contribution is 6.02. The maximum atomic E-state index is 15.1. The molecule has 0 aromatic carbocycles. The van der Waals surface area contributed by atoms with Crippen molar-refractivity contribution >= 4 is 17.4 Å². The first-order chi connectivity index (χ1) is 16.5. The van der Waals surface area contributed by atoms with Crippen LogP contribution in [-0.4, -0.2) is 48.2 Å². The fraction of sp³-hybridized carbons (Fsp3) is 0.444. The average molecular weight is 468 g/mol. The van der Waals surface area contributed by atoms with E-state index in [0.717, 1.165) is 30.2 Å². The molecule has 1 aromatic heterocycles. The van der Waals surface area contributed by atoms with Crippen molar-refractivity contribution < 1.29 is 8.78 Å². The van der Waals surface area contributed by atoms with Crippen molar-refractivity contribution in [2.75, 3.05) is 31.1 Å². The number of nitrogens with one attached hydrogen (secondary N) is 1. The molecule has 1 saturated heterocycles. The first kappa shape index (κ1) is 25.5. The van der Waals surface area contributed by atoms with Gasteiger partial charge in [-0.2, -0.15) is 0 Å². The van der Waals surface area contributed by atoms with Crippen LogP contribution in [0.3, 0.4) is 0 Å². The summed E-state index contributed by atoms with van der Waals surface area (Å²) in [6.07, 6.45) is 17.4. The summed E-state index contributed by atoms with van der Waals surface area (Å²) >= 11 is 0. The Hall–Kier alpha value is -3.09. The van der Waals surface area contributed by atoms with Gasteiger partial charge in [-0.15, -0.1) is 0 Å². The third kappa shape index (κ3) is 7.20. The number of rotatable bonds is 8. The first-order valence-electron chi connectivity index (χ1n) is 12.0. The fourth-order valence-electron chi connectivity index (χ4n) is 3.75. The predicted octanol–water partition coefficient (Wildman–Crippen LogP) is 5.90. The van der Waals surface area contributed by atoms with Crippen molar-refractivity contribution in [1.82, 2.24) is 15.3 Å². The topological polar surface area (TPSA) is 53.4 Å². The Balaban J connectivity index is 1.80. The molecule has 2 aliphatic rings. The van der Waals surface area contributed by atoms with E-state index in [4.69, 9.17) is 0 Å². The molecule has 1 aliphatic carbocycles. The van der Waals surface area contributed by atoms with Gasteiger partial charge in [-0.3, -0.25) is 4.99 Å². The van der Waals surface area contributed by atoms with Gasteiger partial charge in [0.1, 0.15) is 17.8 Å². The molecule has 1 N–H and O–H groups in total. The van der Waals surface area contributed by atoms with Gasteiger partial charge in [-0.25, -0.2) is 18.7 Å². The summed E-state index contributed by atoms with van der Waals surface area (Å²) in [7, 11) is 0. The maximum Gasteiger partial charge on any atom is 0.225 e. The van der Waals surface area contributed by atoms with Crippen LogP contribution in [0, 0.1) is 0 Å². The standard InChI is InChI=1S/C27H35F2N5/c1-4-5-14-30-26(31-15-13-20(2)21(3)28)24-11-9-22(10-12-25(24)29)23-18-32-27(33-19-23)34-16-7-6-8-17-34/h4-5,9,11-13,18-19,21H,6-8,10,14-17H2,1-3H3,(H,30,31)/b5-4-,20-13+. The van der Waals surface area contributed by atoms with E-state index in [1.165, 1.54) is 26.2 Å². The minimum Gasteiger partial charge on any atom is -0.366 e. The summed E-state index contributed by atoms with van der Waals surface area (Å²) in [5, 5.41) is 3.16. The second kappa shape index (κ2) is 13.0. The summed E-state index contributed by atoms with van der Waals surface area (Å²) in [6, 6.07) is 0. The molecule has 1 atom stereocenters. The number of nitrogens with zero attached hydrogens (tertiary/aromatic N) is 4. The molecule has 0 radical (unpaired) electrons. The van der Waals surface area contributed by atoms with Crippen molar-refractivity contribution in [1.29, 1.82) is 0 Å². The van der Waals surface area contributed by atoms with E-state index >= 15 is 4.39 Å². The van der Waals surface area contributed by atoms with Crippen LogP contribution in [0.25, 0.3) is 5.57 Å². The lowest BCUT2D eigenvalue weighted by Crippen LogP contribution is -2.30. The monoisotopic (exact) mass is 467 g/mol. The van der Waals surface area contributed by atoms with Crippen LogP contribution in [0.1, 0.15) is 52.0 Å². The van der Waals surface area contributed by atoms with Gasteiger partial charge in [0.15, 0.2) is 0 Å². The summed E-state index contributed by atoms with van der Waals surface area (Å²) < 4.78 is 28.5. The van der Waals surface area contributed by atoms with Gasteiger partial charge in [-0.05, 0) is 69.8 Å². The molecule has 0 spiro atoms. The largest absolute Gasteiger partial charge is 0.366 e. The molecule has 3 rings (SSSR count). The summed E-state index contributed by atoms with van der Waals surface area (Å²) in [6.45, 7) is 7.92. The normalized spacial score (nSPS) is 18.9. The van der Waals surface area contributed by atoms with Gasteiger partial charge in [0.2, 0.25) is 5.95 Å². The summed E-state index contributed by atoms with van der Waals surface area (Å²) in [5.74, 6) is 0.851. The van der Waals surface area contributed by atoms with E-state index in [0.29, 0.717) is 36.5 Å². The van der Waals surface area contributed by atoms with Gasteiger partial charge >= 0.3 is 0 Å². The third-order valence-corrected chi connectivity index (χ3v) is 6.02. The number of allylic oxidation sites excluding steroid dienone is 6. The number of halogens is 2. The Morgan fingerprint density at radius 3 is 2.62 bits per heavy atom. The lowest BCUT2D eigenvalue weighted by molar-refractivity contribution is 0.410. The van der Waals surface area contributed by atoms with E-state index in [2.05, 4.69) is 25.2 Å². The van der Waals surface area contributed by atoms with Gasteiger partial charge in [0.25, 0.3) is 0 Å². The molecule has 182 valence electrons. The summed E-state index contributed by atoms with van der Waals surface area (Å²) in [5.41, 5.74) is 2.81. The van der Waals surface area contributed by atoms with Crippen LogP contribution in [-0.2, 0) is 0 Å². The number of aromatic nitrogens is 2. The molecule has 1 aromatic rings. The number of amidine groups is 1. The highest BCUT2D eigenvalue weighted by Crippen LogP contribution is 2.26. The Morgan fingerprint density at radius 2 is 1.94 bits per heavy atom. The second-order valence-corrected chi connectivity index (χ2v) is 8.55. The smallest absolute Gasteiger partial charge is 0.225 e. The van der Waals surface area contributed by atoms with Crippen molar-refractivity contribution in [3.05, 3.63) is 71.4 Å². The van der Waals surface area contributed by atoms with Gasteiger partial charge < -0.3 is 10.2 Å². The molecule has 0 saturated carbocycles. The SMILES string of the molecule is C/C=C\CN=C(NC/C=C(\C)C(C)F)C1=CC=C(c2cnc(N3CCCCC3)nc2)CC=C1F. The minimum absolute atomic E-state index is 0.344. The number of piperidine rings is 1. The van der Waals surface area contributed by atoms with E-state index in [1.807, 2.05) is 37.5 Å². The zero-order chi connectivity index (χ0) is 24.3. The molecule has 5 nitrogen and oxygen atoms in total. The molecule has 2 heterocycles. The van der Waals surface area contributed by atoms with E-state index < -0.39 is 6.17 Å². The molecule has 0 amide bonds. The maximum absolute atomic E-state index is 15.1. The highest BCUT2D eigenvalue weighted by atomic mass is 19.1. The van der Waals surface area contributed by atoms with Gasteiger partial charge in [0, 0.05) is 37.6 Å². The molecular formula is C27H35F2N5. The van der Waals surface area contributed by atoms with E-state index in [9.17, 15) is 4.39 Å². The van der Waals surface area contributed by atoms with Crippen LogP contribution >= 0.6 is 0 Å². The van der Waals surface area contributed by atoms with Crippen molar-refractivity contribution in [3.8, 4) is 0 Å². The van der Waals surface area contributed by atoms with Crippen molar-refractivity contribution in [2.24, 2.45) is 4.99 Å². The number of aliphatic imine (C=N–C) groups is 1. The van der Waals surface area contributed by atoms with Crippen LogP contribution in [0.15, 0.2) is 70.8 Å². The van der Waals surface area contributed by atoms with Crippen molar-refractivity contribution in [3.63, 3.8) is 0 Å². The number of hydrogen-bond donors (Lipinski definition) is 1. The molecule has 1 fully saturated rings. The molecule has 1 aliphatic heterocycles. The zero-order valence-corrected chi connectivity index (χ0v) is 20.4. The average Bonchev–Trinajstić information content (AvgIpc) is 3.05. The predicted molar refractivity (Wildman–Crippen MR) is 137 cm³/mol. The lowest BCUT2D eigenvalue weighted by atomic mass is 10.1. The second-order valence-electron chi connectivity index (χ2n) is 8.55. The first-order valence-corrected chi connectivity index (χ1v) is 12.0. The number of hydrogen-bond acceptors (Lipinski definition) is 4. The molecule has 0 bridgehead atoms. The Bertz CT molecular complexity index is 994. The fourth-order valence-corrected chi connectivity index (χ4v) is 3.75. The van der Waals surface area contributed by atoms with Crippen LogP contribution < -0.4 is 10.2 Å². The van der Waals surface area contributed by atoms with Crippen LogP contribution in [0.2, 0.25) is 0 Å².